The average molecular weight is 361 g/mol. The molecule has 2 heterocycles. The highest BCUT2D eigenvalue weighted by atomic mass is 16.5. The van der Waals surface area contributed by atoms with E-state index < -0.39 is 0 Å². The molecule has 0 aliphatic heterocycles. The second-order valence-electron chi connectivity index (χ2n) is 6.17. The second kappa shape index (κ2) is 7.33. The zero-order chi connectivity index (χ0) is 18.6. The largest absolute Gasteiger partial charge is 0.494 e. The zero-order valence-electron chi connectivity index (χ0n) is 14.6. The highest BCUT2D eigenvalue weighted by Crippen LogP contribution is 2.19. The number of anilines is 1. The number of fused-ring (bicyclic) bond motifs is 1. The van der Waals surface area contributed by atoms with E-state index in [1.165, 1.54) is 5.56 Å². The van der Waals surface area contributed by atoms with Crippen molar-refractivity contribution >= 4 is 17.1 Å². The molecule has 0 aliphatic rings. The van der Waals surface area contributed by atoms with Crippen LogP contribution >= 0.6 is 0 Å². The Bertz CT molecular complexity index is 1100. The summed E-state index contributed by atoms with van der Waals surface area (Å²) in [5.41, 5.74) is 8.10. The molecule has 0 saturated carbocycles. The molecular formula is C20H19N5O2. The van der Waals surface area contributed by atoms with Gasteiger partial charge in [0.15, 0.2) is 11.2 Å². The van der Waals surface area contributed by atoms with Gasteiger partial charge in [-0.1, -0.05) is 30.3 Å². The number of nitrogen functional groups attached to an aromatic ring is 1. The van der Waals surface area contributed by atoms with E-state index in [1.807, 2.05) is 42.5 Å². The lowest BCUT2D eigenvalue weighted by molar-refractivity contribution is 0.311. The van der Waals surface area contributed by atoms with Gasteiger partial charge >= 0.3 is 0 Å². The number of ether oxygens (including phenoxy) is 1. The van der Waals surface area contributed by atoms with Crippen LogP contribution in [0.4, 0.5) is 5.95 Å². The number of aromatic amines is 1. The van der Waals surface area contributed by atoms with Crippen molar-refractivity contribution < 1.29 is 4.74 Å². The lowest BCUT2D eigenvalue weighted by Crippen LogP contribution is -2.12. The normalized spacial score (nSPS) is 11.0. The molecule has 0 aliphatic carbocycles. The fourth-order valence-corrected chi connectivity index (χ4v) is 2.93. The molecule has 0 radical (unpaired) electrons. The Morgan fingerprint density at radius 2 is 1.85 bits per heavy atom. The van der Waals surface area contributed by atoms with E-state index in [2.05, 4.69) is 27.1 Å². The number of nitrogens with two attached hydrogens (primary N) is 1. The number of nitrogens with zero attached hydrogens (tertiary/aromatic N) is 3. The maximum absolute atomic E-state index is 11.9. The first-order chi connectivity index (χ1) is 13.2. The van der Waals surface area contributed by atoms with Gasteiger partial charge < -0.3 is 10.5 Å². The Kier molecular flexibility index (Phi) is 4.57. The first-order valence-electron chi connectivity index (χ1n) is 8.71. The van der Waals surface area contributed by atoms with Gasteiger partial charge in [-0.05, 0) is 42.7 Å². The molecule has 3 N–H and O–H groups in total. The minimum atomic E-state index is -0.352. The van der Waals surface area contributed by atoms with Crippen molar-refractivity contribution in [2.45, 2.75) is 12.8 Å². The monoisotopic (exact) mass is 361 g/mol. The molecule has 7 nitrogen and oxygen atoms in total. The van der Waals surface area contributed by atoms with Crippen LogP contribution in [0, 0.1) is 0 Å². The van der Waals surface area contributed by atoms with E-state index in [-0.39, 0.29) is 17.0 Å². The molecule has 0 spiro atoms. The van der Waals surface area contributed by atoms with Gasteiger partial charge in [0.1, 0.15) is 12.1 Å². The number of aromatic nitrogens is 4. The van der Waals surface area contributed by atoms with Crippen molar-refractivity contribution in [3.8, 4) is 11.4 Å². The summed E-state index contributed by atoms with van der Waals surface area (Å²) < 4.78 is 7.53. The molecule has 7 heteroatoms. The molecule has 2 aromatic carbocycles. The van der Waals surface area contributed by atoms with Crippen LogP contribution in [0.5, 0.6) is 5.75 Å². The fraction of sp³-hybridized carbons (Fsp3) is 0.150. The van der Waals surface area contributed by atoms with Crippen LogP contribution in [-0.2, 0) is 6.42 Å². The third kappa shape index (κ3) is 3.67. The van der Waals surface area contributed by atoms with Crippen LogP contribution in [0.1, 0.15) is 12.0 Å². The maximum atomic E-state index is 11.9. The molecule has 136 valence electrons. The van der Waals surface area contributed by atoms with Crippen LogP contribution < -0.4 is 16.0 Å². The lowest BCUT2D eigenvalue weighted by atomic mass is 10.1. The Morgan fingerprint density at radius 1 is 1.07 bits per heavy atom. The van der Waals surface area contributed by atoms with Gasteiger partial charge in [0.2, 0.25) is 5.95 Å². The minimum Gasteiger partial charge on any atom is -0.494 e. The van der Waals surface area contributed by atoms with Crippen molar-refractivity contribution in [3.05, 3.63) is 76.8 Å². The predicted molar refractivity (Wildman–Crippen MR) is 104 cm³/mol. The SMILES string of the molecule is Nc1nc2c(ncn2-c2ccc(OCCCc3ccccc3)cc2)c(=O)[nH]1. The van der Waals surface area contributed by atoms with E-state index in [0.717, 1.165) is 24.3 Å². The quantitative estimate of drug-likeness (QED) is 0.515. The predicted octanol–water partition coefficient (Wildman–Crippen LogP) is 2.70. The molecule has 0 atom stereocenters. The molecular weight excluding hydrogens is 342 g/mol. The van der Waals surface area contributed by atoms with Gasteiger partial charge in [-0.3, -0.25) is 14.3 Å². The van der Waals surface area contributed by atoms with Crippen LogP contribution in [-0.4, -0.2) is 26.1 Å². The molecule has 0 saturated heterocycles. The molecule has 0 fully saturated rings. The Balaban J connectivity index is 1.43. The van der Waals surface area contributed by atoms with Gasteiger partial charge in [0.05, 0.1) is 6.61 Å². The third-order valence-electron chi connectivity index (χ3n) is 4.26. The highest BCUT2D eigenvalue weighted by Gasteiger charge is 2.10. The summed E-state index contributed by atoms with van der Waals surface area (Å²) >= 11 is 0. The number of H-pyrrole nitrogens is 1. The molecule has 27 heavy (non-hydrogen) atoms. The Morgan fingerprint density at radius 3 is 2.63 bits per heavy atom. The summed E-state index contributed by atoms with van der Waals surface area (Å²) in [7, 11) is 0. The number of benzene rings is 2. The van der Waals surface area contributed by atoms with E-state index in [0.29, 0.717) is 12.3 Å². The van der Waals surface area contributed by atoms with Crippen LogP contribution in [0.3, 0.4) is 0 Å². The van der Waals surface area contributed by atoms with E-state index in [1.54, 1.807) is 10.9 Å². The number of imidazole rings is 1. The van der Waals surface area contributed by atoms with Gasteiger partial charge in [-0.25, -0.2) is 4.98 Å². The Hall–Kier alpha value is -3.61. The highest BCUT2D eigenvalue weighted by molar-refractivity contribution is 5.72. The van der Waals surface area contributed by atoms with Gasteiger partial charge in [0, 0.05) is 5.69 Å². The van der Waals surface area contributed by atoms with Crippen molar-refractivity contribution in [1.82, 2.24) is 19.5 Å². The van der Waals surface area contributed by atoms with Crippen molar-refractivity contribution in [1.29, 1.82) is 0 Å². The van der Waals surface area contributed by atoms with E-state index in [4.69, 9.17) is 10.5 Å². The molecule has 4 rings (SSSR count). The molecule has 0 bridgehead atoms. The van der Waals surface area contributed by atoms with Crippen LogP contribution in [0.25, 0.3) is 16.9 Å². The minimum absolute atomic E-state index is 0.0626. The smallest absolute Gasteiger partial charge is 0.280 e. The summed E-state index contributed by atoms with van der Waals surface area (Å²) in [5, 5.41) is 0. The number of nitrogens with one attached hydrogen (secondary N) is 1. The summed E-state index contributed by atoms with van der Waals surface area (Å²) in [6.45, 7) is 0.649. The first kappa shape index (κ1) is 16.8. The van der Waals surface area contributed by atoms with Crippen molar-refractivity contribution in [3.63, 3.8) is 0 Å². The third-order valence-corrected chi connectivity index (χ3v) is 4.26. The summed E-state index contributed by atoms with van der Waals surface area (Å²) in [6, 6.07) is 17.9. The van der Waals surface area contributed by atoms with Gasteiger partial charge in [0.25, 0.3) is 5.56 Å². The summed E-state index contributed by atoms with van der Waals surface area (Å²) in [4.78, 5) is 22.6. The molecule has 0 unspecified atom stereocenters. The molecule has 2 aromatic heterocycles. The topological polar surface area (TPSA) is 98.8 Å². The average Bonchev–Trinajstić information content (AvgIpc) is 3.11. The number of rotatable bonds is 6. The number of hydrogen-bond acceptors (Lipinski definition) is 5. The fourth-order valence-electron chi connectivity index (χ4n) is 2.93. The standard InChI is InChI=1S/C20H19N5O2/c21-20-23-18-17(19(26)24-20)22-13-25(18)15-8-10-16(11-9-15)27-12-4-7-14-5-2-1-3-6-14/h1-3,5-6,8-11,13H,4,7,12H2,(H3,21,23,24,26). The first-order valence-corrected chi connectivity index (χ1v) is 8.71. The number of hydrogen-bond donors (Lipinski definition) is 2. The second-order valence-corrected chi connectivity index (χ2v) is 6.17. The van der Waals surface area contributed by atoms with Crippen molar-refractivity contribution in [2.24, 2.45) is 0 Å². The van der Waals surface area contributed by atoms with E-state index in [9.17, 15) is 4.79 Å². The lowest BCUT2D eigenvalue weighted by Gasteiger charge is -2.08. The zero-order valence-corrected chi connectivity index (χ0v) is 14.6. The Labute approximate surface area is 155 Å². The molecule has 4 aromatic rings. The van der Waals surface area contributed by atoms with Crippen LogP contribution in [0.15, 0.2) is 65.7 Å². The summed E-state index contributed by atoms with van der Waals surface area (Å²) in [6.07, 6.45) is 3.49. The van der Waals surface area contributed by atoms with Crippen molar-refractivity contribution in [2.75, 3.05) is 12.3 Å². The van der Waals surface area contributed by atoms with E-state index >= 15 is 0 Å². The van der Waals surface area contributed by atoms with Gasteiger partial charge in [-0.15, -0.1) is 0 Å². The maximum Gasteiger partial charge on any atom is 0.280 e. The molecule has 0 amide bonds. The summed E-state index contributed by atoms with van der Waals surface area (Å²) in [5.74, 6) is 0.856. The van der Waals surface area contributed by atoms with Gasteiger partial charge in [-0.2, -0.15) is 4.98 Å². The number of aryl methyl sites for hydroxylation is 1. The van der Waals surface area contributed by atoms with Crippen LogP contribution in [0.2, 0.25) is 0 Å².